The summed E-state index contributed by atoms with van der Waals surface area (Å²) in [5.74, 6) is 0.666. The number of carbonyl (C=O) groups is 2. The maximum atomic E-state index is 12.6. The summed E-state index contributed by atoms with van der Waals surface area (Å²) in [7, 11) is 0. The first-order valence-electron chi connectivity index (χ1n) is 9.49. The molecule has 2 aliphatic heterocycles. The minimum Gasteiger partial charge on any atom is -0.494 e. The normalized spacial score (nSPS) is 20.2. The Bertz CT molecular complexity index is 666. The van der Waals surface area contributed by atoms with E-state index in [1.54, 1.807) is 6.08 Å². The molecule has 0 unspecified atom stereocenters. The summed E-state index contributed by atoms with van der Waals surface area (Å²) in [6, 6.07) is 7.66. The van der Waals surface area contributed by atoms with Crippen LogP contribution >= 0.6 is 11.8 Å². The Morgan fingerprint density at radius 3 is 2.58 bits per heavy atom. The summed E-state index contributed by atoms with van der Waals surface area (Å²) in [4.78, 5) is 28.1. The Kier molecular flexibility index (Phi) is 6.74. The van der Waals surface area contributed by atoms with Gasteiger partial charge in [-0.3, -0.25) is 9.59 Å². The van der Waals surface area contributed by atoms with Crippen molar-refractivity contribution in [2.75, 3.05) is 26.4 Å². The maximum absolute atomic E-state index is 12.6. The molecule has 0 aliphatic carbocycles. The molecule has 140 valence electrons. The Balaban J connectivity index is 1.61. The molecule has 5 nitrogen and oxygen atoms in total. The van der Waals surface area contributed by atoms with E-state index in [1.807, 2.05) is 24.3 Å². The van der Waals surface area contributed by atoms with Gasteiger partial charge in [0.25, 0.3) is 11.1 Å². The van der Waals surface area contributed by atoms with Gasteiger partial charge >= 0.3 is 0 Å². The number of imide groups is 1. The van der Waals surface area contributed by atoms with E-state index in [2.05, 4.69) is 6.92 Å². The average molecular weight is 376 g/mol. The molecular weight excluding hydrogens is 348 g/mol. The molecule has 0 saturated carbocycles. The summed E-state index contributed by atoms with van der Waals surface area (Å²) in [6.45, 7) is 5.42. The zero-order valence-corrected chi connectivity index (χ0v) is 16.1. The lowest BCUT2D eigenvalue weighted by atomic mass is 10.1. The number of unbranched alkanes of at least 4 members (excludes halogenated alkanes) is 1. The first kappa shape index (κ1) is 19.0. The van der Waals surface area contributed by atoms with Crippen LogP contribution in [0.5, 0.6) is 5.75 Å². The van der Waals surface area contributed by atoms with Crippen LogP contribution in [-0.2, 0) is 4.79 Å². The molecule has 0 bridgehead atoms. The largest absolute Gasteiger partial charge is 0.494 e. The zero-order chi connectivity index (χ0) is 18.4. The van der Waals surface area contributed by atoms with Gasteiger partial charge in [-0.2, -0.15) is 0 Å². The molecule has 2 aliphatic rings. The van der Waals surface area contributed by atoms with Crippen LogP contribution in [0.25, 0.3) is 6.08 Å². The number of benzene rings is 1. The summed E-state index contributed by atoms with van der Waals surface area (Å²) < 4.78 is 5.65. The molecule has 2 saturated heterocycles. The number of hydrogen-bond acceptors (Lipinski definition) is 4. The van der Waals surface area contributed by atoms with Crippen molar-refractivity contribution in [1.29, 1.82) is 0 Å². The summed E-state index contributed by atoms with van der Waals surface area (Å²) >= 11 is 1.04. The number of thioether (sulfide) groups is 1. The SMILES string of the molecule is CCCCOc1ccc(/C=C2/SC(=O)N(C[NH+]3CCCCC3)C2=O)cc1. The van der Waals surface area contributed by atoms with Gasteiger partial charge in [-0.15, -0.1) is 0 Å². The fourth-order valence-electron chi connectivity index (χ4n) is 3.22. The third kappa shape index (κ3) is 4.89. The smallest absolute Gasteiger partial charge is 0.298 e. The van der Waals surface area contributed by atoms with E-state index in [-0.39, 0.29) is 11.1 Å². The van der Waals surface area contributed by atoms with E-state index < -0.39 is 0 Å². The predicted molar refractivity (Wildman–Crippen MR) is 104 cm³/mol. The van der Waals surface area contributed by atoms with Gasteiger partial charge in [-0.05, 0) is 61.2 Å². The highest BCUT2D eigenvalue weighted by atomic mass is 32.2. The fourth-order valence-corrected chi connectivity index (χ4v) is 4.05. The lowest BCUT2D eigenvalue weighted by molar-refractivity contribution is -0.912. The average Bonchev–Trinajstić information content (AvgIpc) is 2.92. The third-order valence-electron chi connectivity index (χ3n) is 4.76. The Morgan fingerprint density at radius 2 is 1.88 bits per heavy atom. The summed E-state index contributed by atoms with van der Waals surface area (Å²) in [5, 5.41) is -0.154. The number of carbonyl (C=O) groups excluding carboxylic acids is 2. The van der Waals surface area contributed by atoms with E-state index in [9.17, 15) is 9.59 Å². The molecule has 2 heterocycles. The van der Waals surface area contributed by atoms with E-state index in [4.69, 9.17) is 4.74 Å². The van der Waals surface area contributed by atoms with Crippen LogP contribution in [-0.4, -0.2) is 42.4 Å². The topological polar surface area (TPSA) is 51.0 Å². The van der Waals surface area contributed by atoms with Crippen LogP contribution in [0.15, 0.2) is 29.2 Å². The maximum Gasteiger partial charge on any atom is 0.298 e. The zero-order valence-electron chi connectivity index (χ0n) is 15.3. The lowest BCUT2D eigenvalue weighted by Gasteiger charge is -2.26. The number of piperidine rings is 1. The van der Waals surface area contributed by atoms with Crippen LogP contribution in [0.3, 0.4) is 0 Å². The standard InChI is InChI=1S/C20H26N2O3S/c1-2-3-13-25-17-9-7-16(8-10-17)14-18-19(23)22(20(24)26-18)15-21-11-5-4-6-12-21/h7-10,14H,2-6,11-13,15H2,1H3/p+1/b18-14+. The van der Waals surface area contributed by atoms with Crippen LogP contribution in [0.4, 0.5) is 4.79 Å². The van der Waals surface area contributed by atoms with Crippen LogP contribution < -0.4 is 9.64 Å². The molecule has 1 N–H and O–H groups in total. The Morgan fingerprint density at radius 1 is 1.15 bits per heavy atom. The molecule has 0 aromatic heterocycles. The van der Waals surface area contributed by atoms with E-state index >= 15 is 0 Å². The Hall–Kier alpha value is -1.79. The molecule has 0 radical (unpaired) electrons. The molecule has 6 heteroatoms. The lowest BCUT2D eigenvalue weighted by Crippen LogP contribution is -3.14. The minimum atomic E-state index is -0.165. The van der Waals surface area contributed by atoms with Gasteiger partial charge in [-0.1, -0.05) is 25.5 Å². The van der Waals surface area contributed by atoms with Gasteiger partial charge in [0.15, 0.2) is 6.67 Å². The van der Waals surface area contributed by atoms with Crippen molar-refractivity contribution < 1.29 is 19.2 Å². The number of rotatable bonds is 7. The minimum absolute atomic E-state index is 0.154. The van der Waals surface area contributed by atoms with Gasteiger partial charge in [0.2, 0.25) is 0 Å². The second-order valence-corrected chi connectivity index (χ2v) is 7.84. The highest BCUT2D eigenvalue weighted by molar-refractivity contribution is 8.18. The van der Waals surface area contributed by atoms with Crippen molar-refractivity contribution in [3.05, 3.63) is 34.7 Å². The van der Waals surface area contributed by atoms with Gasteiger partial charge < -0.3 is 9.64 Å². The quantitative estimate of drug-likeness (QED) is 0.588. The van der Waals surface area contributed by atoms with Crippen LogP contribution in [0.2, 0.25) is 0 Å². The highest BCUT2D eigenvalue weighted by Gasteiger charge is 2.37. The van der Waals surface area contributed by atoms with Crippen LogP contribution in [0.1, 0.15) is 44.6 Å². The van der Waals surface area contributed by atoms with Gasteiger partial charge in [0.1, 0.15) is 5.75 Å². The number of ether oxygens (including phenoxy) is 1. The summed E-state index contributed by atoms with van der Waals surface area (Å²) in [6.07, 6.45) is 7.54. The number of hydrogen-bond donors (Lipinski definition) is 1. The number of nitrogens with zero attached hydrogens (tertiary/aromatic N) is 1. The summed E-state index contributed by atoms with van der Waals surface area (Å²) in [5.41, 5.74) is 0.906. The first-order chi connectivity index (χ1) is 12.7. The van der Waals surface area contributed by atoms with E-state index in [1.165, 1.54) is 29.1 Å². The number of quaternary nitrogens is 1. The molecule has 2 amide bonds. The molecule has 2 fully saturated rings. The molecule has 1 aromatic rings. The van der Waals surface area contributed by atoms with Gasteiger partial charge in [0.05, 0.1) is 24.6 Å². The second kappa shape index (κ2) is 9.24. The molecule has 0 atom stereocenters. The van der Waals surface area contributed by atoms with Crippen molar-refractivity contribution in [2.24, 2.45) is 0 Å². The highest BCUT2D eigenvalue weighted by Crippen LogP contribution is 2.31. The van der Waals surface area contributed by atoms with Crippen molar-refractivity contribution in [2.45, 2.75) is 39.0 Å². The third-order valence-corrected chi connectivity index (χ3v) is 5.67. The van der Waals surface area contributed by atoms with Crippen molar-refractivity contribution in [1.82, 2.24) is 4.90 Å². The van der Waals surface area contributed by atoms with E-state index in [0.717, 1.165) is 49.0 Å². The fraction of sp³-hybridized carbons (Fsp3) is 0.500. The molecule has 1 aromatic carbocycles. The number of likely N-dealkylation sites (tertiary alicyclic amines) is 1. The van der Waals surface area contributed by atoms with Crippen molar-refractivity contribution in [3.8, 4) is 5.75 Å². The monoisotopic (exact) mass is 375 g/mol. The van der Waals surface area contributed by atoms with Crippen molar-refractivity contribution >= 4 is 29.0 Å². The van der Waals surface area contributed by atoms with E-state index in [0.29, 0.717) is 18.2 Å². The van der Waals surface area contributed by atoms with Crippen molar-refractivity contribution in [3.63, 3.8) is 0 Å². The second-order valence-electron chi connectivity index (χ2n) is 6.85. The van der Waals surface area contributed by atoms with Gasteiger partial charge in [0, 0.05) is 0 Å². The number of amides is 2. The first-order valence-corrected chi connectivity index (χ1v) is 10.3. The molecule has 0 spiro atoms. The van der Waals surface area contributed by atoms with Crippen LogP contribution in [0, 0.1) is 0 Å². The number of nitrogens with one attached hydrogen (secondary N) is 1. The van der Waals surface area contributed by atoms with Gasteiger partial charge in [-0.25, -0.2) is 4.90 Å². The Labute approximate surface area is 159 Å². The predicted octanol–water partition coefficient (Wildman–Crippen LogP) is 2.93. The molecular formula is C20H27N2O3S+. The molecule has 3 rings (SSSR count). The molecule has 26 heavy (non-hydrogen) atoms.